The Balaban J connectivity index is 1.77. The lowest BCUT2D eigenvalue weighted by molar-refractivity contribution is 0.182. The van der Waals surface area contributed by atoms with Gasteiger partial charge in [-0.3, -0.25) is 4.90 Å². The van der Waals surface area contributed by atoms with Crippen molar-refractivity contribution in [1.29, 1.82) is 0 Å². The van der Waals surface area contributed by atoms with Gasteiger partial charge in [0.1, 0.15) is 23.4 Å². The van der Waals surface area contributed by atoms with Crippen LogP contribution in [-0.4, -0.2) is 57.1 Å². The van der Waals surface area contributed by atoms with Crippen molar-refractivity contribution in [3.8, 4) is 17.1 Å². The summed E-state index contributed by atoms with van der Waals surface area (Å²) in [6, 6.07) is 8.79. The zero-order chi connectivity index (χ0) is 19.4. The van der Waals surface area contributed by atoms with Crippen molar-refractivity contribution < 1.29 is 4.74 Å². The molecule has 0 aliphatic heterocycles. The zero-order valence-electron chi connectivity index (χ0n) is 16.7. The van der Waals surface area contributed by atoms with Gasteiger partial charge in [0.25, 0.3) is 0 Å². The van der Waals surface area contributed by atoms with E-state index in [1.165, 1.54) is 0 Å². The van der Waals surface area contributed by atoms with E-state index in [2.05, 4.69) is 57.8 Å². The normalized spacial score (nSPS) is 11.7. The summed E-state index contributed by atoms with van der Waals surface area (Å²) < 4.78 is 5.21. The summed E-state index contributed by atoms with van der Waals surface area (Å²) in [5.41, 5.74) is 2.46. The largest absolute Gasteiger partial charge is 0.497 e. The van der Waals surface area contributed by atoms with E-state index in [0.29, 0.717) is 17.7 Å². The maximum atomic E-state index is 5.21. The van der Waals surface area contributed by atoms with Crippen LogP contribution in [0.5, 0.6) is 5.75 Å². The minimum atomic E-state index is 0.506. The van der Waals surface area contributed by atoms with Crippen molar-refractivity contribution >= 4 is 17.0 Å². The summed E-state index contributed by atoms with van der Waals surface area (Å²) in [4.78, 5) is 19.1. The second-order valence-electron chi connectivity index (χ2n) is 7.09. The van der Waals surface area contributed by atoms with Gasteiger partial charge in [0.15, 0.2) is 11.5 Å². The van der Waals surface area contributed by atoms with E-state index in [-0.39, 0.29) is 0 Å². The third kappa shape index (κ3) is 4.36. The lowest BCUT2D eigenvalue weighted by atomic mass is 10.2. The number of benzene rings is 1. The Kier molecular flexibility index (Phi) is 5.91. The van der Waals surface area contributed by atoms with Crippen LogP contribution in [0.3, 0.4) is 0 Å². The van der Waals surface area contributed by atoms with Crippen LogP contribution in [0, 0.1) is 0 Å². The van der Waals surface area contributed by atoms with E-state index in [1.54, 1.807) is 13.4 Å². The van der Waals surface area contributed by atoms with E-state index in [0.717, 1.165) is 41.6 Å². The number of nitrogens with one attached hydrogen (secondary N) is 2. The molecule has 1 aromatic carbocycles. The number of hydrogen-bond donors (Lipinski definition) is 2. The third-order valence-corrected chi connectivity index (χ3v) is 4.64. The predicted octanol–water partition coefficient (Wildman–Crippen LogP) is 3.56. The number of H-pyrrole nitrogens is 1. The van der Waals surface area contributed by atoms with Crippen molar-refractivity contribution in [1.82, 2.24) is 24.8 Å². The zero-order valence-corrected chi connectivity index (χ0v) is 16.7. The average molecular weight is 368 g/mol. The molecule has 0 saturated carbocycles. The monoisotopic (exact) mass is 368 g/mol. The Morgan fingerprint density at radius 1 is 1.07 bits per heavy atom. The average Bonchev–Trinajstić information content (AvgIpc) is 3.09. The molecule has 7 heteroatoms. The van der Waals surface area contributed by atoms with E-state index < -0.39 is 0 Å². The fourth-order valence-corrected chi connectivity index (χ4v) is 3.26. The quantitative estimate of drug-likeness (QED) is 0.633. The Morgan fingerprint density at radius 3 is 2.41 bits per heavy atom. The third-order valence-electron chi connectivity index (χ3n) is 4.64. The lowest BCUT2D eigenvalue weighted by Crippen LogP contribution is -2.40. The first-order valence-electron chi connectivity index (χ1n) is 9.34. The first-order chi connectivity index (χ1) is 13.0. The van der Waals surface area contributed by atoms with Crippen LogP contribution < -0.4 is 10.1 Å². The molecule has 3 rings (SSSR count). The number of nitrogens with zero attached hydrogens (tertiary/aromatic N) is 4. The molecule has 3 aromatic rings. The minimum Gasteiger partial charge on any atom is -0.497 e. The van der Waals surface area contributed by atoms with Crippen molar-refractivity contribution in [2.75, 3.05) is 25.5 Å². The van der Waals surface area contributed by atoms with Gasteiger partial charge in [-0.15, -0.1) is 0 Å². The highest BCUT2D eigenvalue weighted by atomic mass is 16.5. The molecule has 0 saturated heterocycles. The van der Waals surface area contributed by atoms with Gasteiger partial charge in [-0.2, -0.15) is 0 Å². The Bertz CT molecular complexity index is 864. The van der Waals surface area contributed by atoms with Crippen LogP contribution in [0.25, 0.3) is 22.6 Å². The number of methoxy groups -OCH3 is 1. The Morgan fingerprint density at radius 2 is 1.78 bits per heavy atom. The smallest absolute Gasteiger partial charge is 0.183 e. The van der Waals surface area contributed by atoms with Crippen LogP contribution in [0.15, 0.2) is 30.6 Å². The fraction of sp³-hybridized carbons (Fsp3) is 0.450. The summed E-state index contributed by atoms with van der Waals surface area (Å²) in [6.07, 6.45) is 1.55. The number of hydrogen-bond acceptors (Lipinski definition) is 6. The summed E-state index contributed by atoms with van der Waals surface area (Å²) in [6.45, 7) is 10.6. The number of fused-ring (bicyclic) bond motifs is 1. The maximum Gasteiger partial charge on any atom is 0.183 e. The molecule has 0 fully saturated rings. The number of aromatic amines is 1. The summed E-state index contributed by atoms with van der Waals surface area (Å²) >= 11 is 0. The van der Waals surface area contributed by atoms with Crippen molar-refractivity contribution in [3.05, 3.63) is 30.6 Å². The number of aromatic nitrogens is 4. The van der Waals surface area contributed by atoms with Crippen LogP contribution in [-0.2, 0) is 0 Å². The Labute approximate surface area is 160 Å². The van der Waals surface area contributed by atoms with Gasteiger partial charge < -0.3 is 15.0 Å². The molecule has 0 aliphatic carbocycles. The van der Waals surface area contributed by atoms with E-state index >= 15 is 0 Å². The summed E-state index contributed by atoms with van der Waals surface area (Å²) in [5, 5.41) is 3.43. The lowest BCUT2D eigenvalue weighted by Gasteiger charge is -2.30. The minimum absolute atomic E-state index is 0.506. The van der Waals surface area contributed by atoms with Gasteiger partial charge in [0.05, 0.1) is 7.11 Å². The van der Waals surface area contributed by atoms with Crippen LogP contribution in [0.4, 0.5) is 5.82 Å². The van der Waals surface area contributed by atoms with Crippen molar-refractivity contribution in [2.45, 2.75) is 39.8 Å². The van der Waals surface area contributed by atoms with E-state index in [4.69, 9.17) is 4.74 Å². The number of rotatable bonds is 8. The highest BCUT2D eigenvalue weighted by molar-refractivity contribution is 5.85. The maximum absolute atomic E-state index is 5.21. The molecule has 2 aromatic heterocycles. The van der Waals surface area contributed by atoms with Crippen LogP contribution in [0.2, 0.25) is 0 Å². The van der Waals surface area contributed by atoms with Crippen molar-refractivity contribution in [3.63, 3.8) is 0 Å². The molecule has 0 unspecified atom stereocenters. The molecule has 2 heterocycles. The second-order valence-corrected chi connectivity index (χ2v) is 7.09. The standard InChI is InChI=1S/C20H28N6O/c1-13(2)26(14(3)4)11-10-21-19-17-20(23-12-22-19)25-18(24-17)15-6-8-16(27-5)9-7-15/h6-9,12-14H,10-11H2,1-5H3,(H2,21,22,23,24,25). The van der Waals surface area contributed by atoms with E-state index in [9.17, 15) is 0 Å². The van der Waals surface area contributed by atoms with Crippen LogP contribution in [0.1, 0.15) is 27.7 Å². The molecule has 2 N–H and O–H groups in total. The van der Waals surface area contributed by atoms with E-state index in [1.807, 2.05) is 24.3 Å². The second kappa shape index (κ2) is 8.35. The fourth-order valence-electron chi connectivity index (χ4n) is 3.26. The molecule has 0 radical (unpaired) electrons. The van der Waals surface area contributed by atoms with Gasteiger partial charge in [0, 0.05) is 30.7 Å². The molecule has 27 heavy (non-hydrogen) atoms. The SMILES string of the molecule is COc1ccc(-c2nc3ncnc(NCCN(C(C)C)C(C)C)c3[nH]2)cc1. The molecule has 0 atom stereocenters. The molecule has 0 aliphatic rings. The topological polar surface area (TPSA) is 79.0 Å². The Hall–Kier alpha value is -2.67. The molecule has 144 valence electrons. The predicted molar refractivity (Wildman–Crippen MR) is 109 cm³/mol. The summed E-state index contributed by atoms with van der Waals surface area (Å²) in [5.74, 6) is 2.36. The first kappa shape index (κ1) is 19.1. The van der Waals surface area contributed by atoms with Crippen molar-refractivity contribution in [2.24, 2.45) is 0 Å². The highest BCUT2D eigenvalue weighted by Crippen LogP contribution is 2.24. The molecule has 0 bridgehead atoms. The van der Waals surface area contributed by atoms with Gasteiger partial charge in [0.2, 0.25) is 0 Å². The molecule has 0 spiro atoms. The highest BCUT2D eigenvalue weighted by Gasteiger charge is 2.14. The van der Waals surface area contributed by atoms with Gasteiger partial charge in [-0.25, -0.2) is 15.0 Å². The first-order valence-corrected chi connectivity index (χ1v) is 9.34. The molecular weight excluding hydrogens is 340 g/mol. The molecule has 0 amide bonds. The van der Waals surface area contributed by atoms with Gasteiger partial charge in [-0.05, 0) is 52.0 Å². The van der Waals surface area contributed by atoms with Gasteiger partial charge >= 0.3 is 0 Å². The number of anilines is 1. The summed E-state index contributed by atoms with van der Waals surface area (Å²) in [7, 11) is 1.66. The molecule has 7 nitrogen and oxygen atoms in total. The van der Waals surface area contributed by atoms with Gasteiger partial charge in [-0.1, -0.05) is 0 Å². The molecular formula is C20H28N6O. The number of imidazole rings is 1. The number of ether oxygens (including phenoxy) is 1. The van der Waals surface area contributed by atoms with Crippen LogP contribution >= 0.6 is 0 Å².